The lowest BCUT2D eigenvalue weighted by atomic mass is 10.0. The third-order valence-electron chi connectivity index (χ3n) is 5.90. The van der Waals surface area contributed by atoms with E-state index in [-0.39, 0.29) is 5.70 Å². The Morgan fingerprint density at radius 3 is 2.31 bits per heavy atom. The molecular formula is C29H24N2O4. The molecule has 0 saturated carbocycles. The van der Waals surface area contributed by atoms with Crippen molar-refractivity contribution < 1.29 is 19.1 Å². The largest absolute Gasteiger partial charge is 0.497 e. The summed E-state index contributed by atoms with van der Waals surface area (Å²) < 4.78 is 10.9. The summed E-state index contributed by atoms with van der Waals surface area (Å²) in [7, 11) is 1.58. The Balaban J connectivity index is 1.63. The van der Waals surface area contributed by atoms with Gasteiger partial charge in [0.2, 0.25) is 0 Å². The minimum Gasteiger partial charge on any atom is -0.497 e. The van der Waals surface area contributed by atoms with E-state index in [9.17, 15) is 9.59 Å². The number of benzene rings is 4. The van der Waals surface area contributed by atoms with Crippen LogP contribution in [0.3, 0.4) is 0 Å². The van der Waals surface area contributed by atoms with Crippen molar-refractivity contribution >= 4 is 39.5 Å². The third kappa shape index (κ3) is 4.10. The van der Waals surface area contributed by atoms with Crippen molar-refractivity contribution in [1.82, 2.24) is 0 Å². The number of ether oxygens (including phenoxy) is 2. The summed E-state index contributed by atoms with van der Waals surface area (Å²) in [5, 5.41) is 5.27. The maximum absolute atomic E-state index is 13.8. The summed E-state index contributed by atoms with van der Waals surface area (Å²) in [5.41, 5.74) is 2.34. The van der Waals surface area contributed by atoms with Crippen LogP contribution in [0, 0.1) is 0 Å². The molecule has 4 aromatic carbocycles. The Kier molecular flexibility index (Phi) is 5.94. The molecule has 5 rings (SSSR count). The van der Waals surface area contributed by atoms with Crippen LogP contribution in [-0.4, -0.2) is 25.5 Å². The smallest absolute Gasteiger partial charge is 0.282 e. The molecule has 1 heterocycles. The molecule has 1 aliphatic heterocycles. The summed E-state index contributed by atoms with van der Waals surface area (Å²) >= 11 is 0. The fraction of sp³-hybridized carbons (Fsp3) is 0.103. The van der Waals surface area contributed by atoms with Crippen LogP contribution in [0.5, 0.6) is 11.5 Å². The van der Waals surface area contributed by atoms with Gasteiger partial charge in [0, 0.05) is 17.1 Å². The Hall–Kier alpha value is -4.58. The quantitative estimate of drug-likeness (QED) is 0.358. The van der Waals surface area contributed by atoms with Gasteiger partial charge in [-0.25, -0.2) is 4.90 Å². The second-order valence-electron chi connectivity index (χ2n) is 8.01. The number of hydrogen-bond donors (Lipinski definition) is 1. The van der Waals surface area contributed by atoms with Crippen molar-refractivity contribution in [3.05, 3.63) is 102 Å². The van der Waals surface area contributed by atoms with Crippen LogP contribution in [0.4, 0.5) is 11.4 Å². The van der Waals surface area contributed by atoms with E-state index in [0.29, 0.717) is 34.9 Å². The van der Waals surface area contributed by atoms with Crippen molar-refractivity contribution in [3.8, 4) is 11.5 Å². The van der Waals surface area contributed by atoms with Crippen molar-refractivity contribution in [3.63, 3.8) is 0 Å². The predicted octanol–water partition coefficient (Wildman–Crippen LogP) is 5.64. The Bertz CT molecular complexity index is 1450. The lowest BCUT2D eigenvalue weighted by Crippen LogP contribution is -2.32. The number of imide groups is 1. The number of rotatable bonds is 7. The number of methoxy groups -OCH3 is 1. The number of anilines is 2. The second kappa shape index (κ2) is 9.35. The van der Waals surface area contributed by atoms with E-state index in [0.717, 1.165) is 16.5 Å². The van der Waals surface area contributed by atoms with E-state index < -0.39 is 11.8 Å². The highest BCUT2D eigenvalue weighted by Gasteiger charge is 2.40. The van der Waals surface area contributed by atoms with E-state index >= 15 is 0 Å². The SMILES string of the molecule is CCOc1cccc(N2C(=O)C(Nc3cccc4ccccc34)=C(c3ccc(OC)cc3)C2=O)c1. The fourth-order valence-corrected chi connectivity index (χ4v) is 4.25. The highest BCUT2D eigenvalue weighted by molar-refractivity contribution is 6.46. The molecule has 0 unspecified atom stereocenters. The molecule has 0 aromatic heterocycles. The van der Waals surface area contributed by atoms with Gasteiger partial charge in [-0.15, -0.1) is 0 Å². The van der Waals surface area contributed by atoms with Crippen molar-refractivity contribution in [2.24, 2.45) is 0 Å². The highest BCUT2D eigenvalue weighted by atomic mass is 16.5. The van der Waals surface area contributed by atoms with Gasteiger partial charge in [-0.3, -0.25) is 9.59 Å². The average molecular weight is 465 g/mol. The number of fused-ring (bicyclic) bond motifs is 1. The normalized spacial score (nSPS) is 13.5. The van der Waals surface area contributed by atoms with Gasteiger partial charge in [-0.2, -0.15) is 0 Å². The molecular weight excluding hydrogens is 440 g/mol. The van der Waals surface area contributed by atoms with Crippen molar-refractivity contribution in [1.29, 1.82) is 0 Å². The standard InChI is InChI=1S/C29H24N2O4/c1-3-35-23-11-7-10-21(18-23)31-28(32)26(20-14-16-22(34-2)17-15-20)27(29(31)33)30-25-13-6-9-19-8-4-5-12-24(19)25/h4-18,30H,3H2,1-2H3. The molecule has 0 atom stereocenters. The molecule has 0 aliphatic carbocycles. The molecule has 1 N–H and O–H groups in total. The van der Waals surface area contributed by atoms with Crippen LogP contribution >= 0.6 is 0 Å². The van der Waals surface area contributed by atoms with E-state index in [1.165, 1.54) is 4.90 Å². The minimum atomic E-state index is -0.428. The molecule has 35 heavy (non-hydrogen) atoms. The van der Waals surface area contributed by atoms with Gasteiger partial charge < -0.3 is 14.8 Å². The number of hydrogen-bond acceptors (Lipinski definition) is 5. The summed E-state index contributed by atoms with van der Waals surface area (Å²) in [6.45, 7) is 2.36. The molecule has 6 heteroatoms. The maximum Gasteiger partial charge on any atom is 0.282 e. The molecule has 0 saturated heterocycles. The fourth-order valence-electron chi connectivity index (χ4n) is 4.25. The zero-order chi connectivity index (χ0) is 24.4. The number of nitrogens with one attached hydrogen (secondary N) is 1. The molecule has 0 radical (unpaired) electrons. The number of amides is 2. The van der Waals surface area contributed by atoms with Crippen molar-refractivity contribution in [2.45, 2.75) is 6.92 Å². The van der Waals surface area contributed by atoms with Gasteiger partial charge in [0.1, 0.15) is 17.2 Å². The van der Waals surface area contributed by atoms with Crippen LogP contribution in [0.15, 0.2) is 96.7 Å². The number of nitrogens with zero attached hydrogens (tertiary/aromatic N) is 1. The van der Waals surface area contributed by atoms with Gasteiger partial charge in [0.15, 0.2) is 0 Å². The minimum absolute atomic E-state index is 0.221. The van der Waals surface area contributed by atoms with E-state index in [2.05, 4.69) is 5.32 Å². The molecule has 2 amide bonds. The molecule has 0 spiro atoms. The molecule has 0 bridgehead atoms. The maximum atomic E-state index is 13.8. The summed E-state index contributed by atoms with van der Waals surface area (Å²) in [6, 6.07) is 27.8. The summed E-state index contributed by atoms with van der Waals surface area (Å²) in [4.78, 5) is 28.7. The zero-order valence-electron chi connectivity index (χ0n) is 19.4. The molecule has 174 valence electrons. The Morgan fingerprint density at radius 1 is 0.800 bits per heavy atom. The first kappa shape index (κ1) is 22.2. The Morgan fingerprint density at radius 2 is 1.54 bits per heavy atom. The first-order valence-corrected chi connectivity index (χ1v) is 11.4. The average Bonchev–Trinajstić information content (AvgIpc) is 3.13. The van der Waals surface area contributed by atoms with Crippen molar-refractivity contribution in [2.75, 3.05) is 23.9 Å². The lowest BCUT2D eigenvalue weighted by molar-refractivity contribution is -0.120. The second-order valence-corrected chi connectivity index (χ2v) is 8.01. The third-order valence-corrected chi connectivity index (χ3v) is 5.90. The van der Waals surface area contributed by atoms with Crippen LogP contribution in [0.25, 0.3) is 16.3 Å². The molecule has 4 aromatic rings. The number of carbonyl (C=O) groups is 2. The molecule has 6 nitrogen and oxygen atoms in total. The van der Waals surface area contributed by atoms with Gasteiger partial charge >= 0.3 is 0 Å². The monoisotopic (exact) mass is 464 g/mol. The summed E-state index contributed by atoms with van der Waals surface area (Å²) in [6.07, 6.45) is 0. The predicted molar refractivity (Wildman–Crippen MR) is 138 cm³/mol. The van der Waals surface area contributed by atoms with Gasteiger partial charge in [0.25, 0.3) is 11.8 Å². The van der Waals surface area contributed by atoms with Crippen LogP contribution < -0.4 is 19.7 Å². The van der Waals surface area contributed by atoms with E-state index in [1.807, 2.05) is 49.4 Å². The van der Waals surface area contributed by atoms with Crippen LogP contribution in [0.2, 0.25) is 0 Å². The van der Waals surface area contributed by atoms with E-state index in [4.69, 9.17) is 9.47 Å². The first-order chi connectivity index (χ1) is 17.1. The van der Waals surface area contributed by atoms with Crippen LogP contribution in [-0.2, 0) is 9.59 Å². The molecule has 0 fully saturated rings. The lowest BCUT2D eigenvalue weighted by Gasteiger charge is -2.17. The molecule has 1 aliphatic rings. The number of carbonyl (C=O) groups excluding carboxylic acids is 2. The highest BCUT2D eigenvalue weighted by Crippen LogP contribution is 2.36. The van der Waals surface area contributed by atoms with Gasteiger partial charge in [-0.05, 0) is 48.2 Å². The van der Waals surface area contributed by atoms with Gasteiger partial charge in [-0.1, -0.05) is 54.6 Å². The summed E-state index contributed by atoms with van der Waals surface area (Å²) in [5.74, 6) is 0.418. The van der Waals surface area contributed by atoms with Gasteiger partial charge in [0.05, 0.1) is 25.0 Å². The Labute approximate surface area is 203 Å². The zero-order valence-corrected chi connectivity index (χ0v) is 19.4. The topological polar surface area (TPSA) is 67.9 Å². The van der Waals surface area contributed by atoms with E-state index in [1.54, 1.807) is 55.6 Å². The van der Waals surface area contributed by atoms with Crippen LogP contribution in [0.1, 0.15) is 12.5 Å². The first-order valence-electron chi connectivity index (χ1n) is 11.4.